The monoisotopic (exact) mass is 295 g/mol. The predicted octanol–water partition coefficient (Wildman–Crippen LogP) is 4.38. The third-order valence-electron chi connectivity index (χ3n) is 3.62. The summed E-state index contributed by atoms with van der Waals surface area (Å²) in [5.41, 5.74) is 2.74. The number of rotatable bonds is 7. The molecule has 0 saturated heterocycles. The molecule has 0 aliphatic rings. The normalized spacial score (nSPS) is 11.0. The number of nitrogens with zero attached hydrogens (tertiary/aromatic N) is 3. The molecular formula is C18H21N3O. The van der Waals surface area contributed by atoms with Crippen LogP contribution in [-0.2, 0) is 0 Å². The van der Waals surface area contributed by atoms with Gasteiger partial charge in [0.25, 0.3) is 0 Å². The van der Waals surface area contributed by atoms with Crippen molar-refractivity contribution in [2.45, 2.75) is 32.6 Å². The zero-order valence-electron chi connectivity index (χ0n) is 12.9. The molecule has 0 spiro atoms. The summed E-state index contributed by atoms with van der Waals surface area (Å²) in [6.07, 6.45) is 4.88. The van der Waals surface area contributed by atoms with Crippen molar-refractivity contribution in [3.05, 3.63) is 48.5 Å². The van der Waals surface area contributed by atoms with Crippen molar-refractivity contribution < 1.29 is 4.74 Å². The van der Waals surface area contributed by atoms with Crippen molar-refractivity contribution in [3.63, 3.8) is 0 Å². The van der Waals surface area contributed by atoms with Crippen LogP contribution in [0.15, 0.2) is 48.5 Å². The quantitative estimate of drug-likeness (QED) is 0.607. The van der Waals surface area contributed by atoms with Gasteiger partial charge in [0.1, 0.15) is 16.8 Å². The maximum atomic E-state index is 5.75. The lowest BCUT2D eigenvalue weighted by molar-refractivity contribution is 0.305. The van der Waals surface area contributed by atoms with Crippen LogP contribution in [0.25, 0.3) is 16.7 Å². The topological polar surface area (TPSA) is 39.9 Å². The van der Waals surface area contributed by atoms with Crippen LogP contribution in [0.3, 0.4) is 0 Å². The van der Waals surface area contributed by atoms with Crippen LogP contribution in [0.1, 0.15) is 32.6 Å². The lowest BCUT2D eigenvalue weighted by Crippen LogP contribution is -2.00. The largest absolute Gasteiger partial charge is 0.494 e. The average molecular weight is 295 g/mol. The molecule has 22 heavy (non-hydrogen) atoms. The first-order chi connectivity index (χ1) is 10.9. The molecule has 0 radical (unpaired) electrons. The average Bonchev–Trinajstić information content (AvgIpc) is 2.99. The van der Waals surface area contributed by atoms with E-state index in [-0.39, 0.29) is 0 Å². The van der Waals surface area contributed by atoms with Crippen molar-refractivity contribution in [1.29, 1.82) is 0 Å². The Hall–Kier alpha value is -2.36. The summed E-state index contributed by atoms with van der Waals surface area (Å²) in [7, 11) is 0. The minimum atomic E-state index is 0.781. The van der Waals surface area contributed by atoms with Crippen LogP contribution in [0.5, 0.6) is 5.75 Å². The molecule has 0 unspecified atom stereocenters. The first-order valence-electron chi connectivity index (χ1n) is 7.92. The Morgan fingerprint density at radius 3 is 2.18 bits per heavy atom. The number of fused-ring (bicyclic) bond motifs is 1. The van der Waals surface area contributed by atoms with E-state index in [1.807, 2.05) is 48.5 Å². The minimum Gasteiger partial charge on any atom is -0.494 e. The number of unbranched alkanes of at least 4 members (excludes halogenated alkanes) is 3. The summed E-state index contributed by atoms with van der Waals surface area (Å²) in [6, 6.07) is 15.8. The predicted molar refractivity (Wildman–Crippen MR) is 88.5 cm³/mol. The van der Waals surface area contributed by atoms with Crippen LogP contribution >= 0.6 is 0 Å². The minimum absolute atomic E-state index is 0.781. The van der Waals surface area contributed by atoms with Gasteiger partial charge in [-0.3, -0.25) is 0 Å². The Labute approximate surface area is 130 Å². The van der Waals surface area contributed by atoms with Gasteiger partial charge in [0.15, 0.2) is 0 Å². The van der Waals surface area contributed by atoms with Crippen LogP contribution in [0, 0.1) is 0 Å². The second-order valence-electron chi connectivity index (χ2n) is 5.38. The van der Waals surface area contributed by atoms with E-state index in [2.05, 4.69) is 17.1 Å². The van der Waals surface area contributed by atoms with E-state index in [1.165, 1.54) is 19.3 Å². The molecule has 0 saturated carbocycles. The summed E-state index contributed by atoms with van der Waals surface area (Å²) in [6.45, 7) is 3.00. The molecule has 4 nitrogen and oxygen atoms in total. The summed E-state index contributed by atoms with van der Waals surface area (Å²) in [5.74, 6) is 0.900. The molecule has 4 heteroatoms. The van der Waals surface area contributed by atoms with E-state index in [4.69, 9.17) is 4.74 Å². The maximum absolute atomic E-state index is 5.75. The van der Waals surface area contributed by atoms with E-state index in [9.17, 15) is 0 Å². The Morgan fingerprint density at radius 1 is 0.864 bits per heavy atom. The summed E-state index contributed by atoms with van der Waals surface area (Å²) < 4.78 is 5.75. The lowest BCUT2D eigenvalue weighted by Gasteiger charge is -2.06. The van der Waals surface area contributed by atoms with E-state index in [0.29, 0.717) is 0 Å². The second kappa shape index (κ2) is 7.07. The highest BCUT2D eigenvalue weighted by Crippen LogP contribution is 2.16. The van der Waals surface area contributed by atoms with Gasteiger partial charge in [0, 0.05) is 0 Å². The van der Waals surface area contributed by atoms with Gasteiger partial charge in [-0.2, -0.15) is 4.80 Å². The van der Waals surface area contributed by atoms with Gasteiger partial charge in [0.2, 0.25) is 0 Å². The number of benzene rings is 2. The third-order valence-corrected chi connectivity index (χ3v) is 3.62. The summed E-state index contributed by atoms with van der Waals surface area (Å²) >= 11 is 0. The van der Waals surface area contributed by atoms with Crippen molar-refractivity contribution >= 4 is 11.0 Å². The van der Waals surface area contributed by atoms with E-state index in [1.54, 1.807) is 4.80 Å². The molecule has 1 heterocycles. The molecule has 0 aliphatic carbocycles. The Balaban J connectivity index is 1.63. The highest BCUT2D eigenvalue weighted by molar-refractivity contribution is 5.73. The first-order valence-corrected chi connectivity index (χ1v) is 7.92. The van der Waals surface area contributed by atoms with Gasteiger partial charge in [0.05, 0.1) is 12.3 Å². The molecule has 3 rings (SSSR count). The summed E-state index contributed by atoms with van der Waals surface area (Å²) in [4.78, 5) is 1.66. The van der Waals surface area contributed by atoms with Gasteiger partial charge in [-0.15, -0.1) is 10.2 Å². The molecule has 2 aromatic carbocycles. The standard InChI is InChI=1S/C18H21N3O/c1-2-3-4-7-14-22-16-12-10-15(11-13-16)21-19-17-8-5-6-9-18(17)20-21/h5-6,8-13H,2-4,7,14H2,1H3. The van der Waals surface area contributed by atoms with Crippen molar-refractivity contribution in [1.82, 2.24) is 15.0 Å². The Kier molecular flexibility index (Phi) is 4.68. The zero-order valence-corrected chi connectivity index (χ0v) is 12.9. The number of aromatic nitrogens is 3. The molecule has 3 aromatic rings. The van der Waals surface area contributed by atoms with Gasteiger partial charge < -0.3 is 4.74 Å². The van der Waals surface area contributed by atoms with E-state index >= 15 is 0 Å². The number of hydrogen-bond donors (Lipinski definition) is 0. The van der Waals surface area contributed by atoms with Gasteiger partial charge >= 0.3 is 0 Å². The number of hydrogen-bond acceptors (Lipinski definition) is 3. The molecular weight excluding hydrogens is 274 g/mol. The fourth-order valence-corrected chi connectivity index (χ4v) is 2.37. The van der Waals surface area contributed by atoms with E-state index < -0.39 is 0 Å². The van der Waals surface area contributed by atoms with Gasteiger partial charge in [-0.05, 0) is 42.8 Å². The van der Waals surface area contributed by atoms with E-state index in [0.717, 1.165) is 35.5 Å². The van der Waals surface area contributed by atoms with Crippen molar-refractivity contribution in [2.75, 3.05) is 6.61 Å². The highest BCUT2D eigenvalue weighted by atomic mass is 16.5. The molecule has 0 N–H and O–H groups in total. The van der Waals surface area contributed by atoms with Crippen molar-refractivity contribution in [3.8, 4) is 11.4 Å². The Bertz CT molecular complexity index is 686. The van der Waals surface area contributed by atoms with Crippen LogP contribution in [0.2, 0.25) is 0 Å². The first kappa shape index (κ1) is 14.6. The summed E-state index contributed by atoms with van der Waals surface area (Å²) in [5, 5.41) is 8.95. The SMILES string of the molecule is CCCCCCOc1ccc(-n2nc3ccccc3n2)cc1. The van der Waals surface area contributed by atoms with Gasteiger partial charge in [-0.1, -0.05) is 38.3 Å². The molecule has 1 aromatic heterocycles. The van der Waals surface area contributed by atoms with Crippen LogP contribution in [0.4, 0.5) is 0 Å². The molecule has 114 valence electrons. The third kappa shape index (κ3) is 3.45. The van der Waals surface area contributed by atoms with Crippen LogP contribution in [-0.4, -0.2) is 21.6 Å². The maximum Gasteiger partial charge on any atom is 0.119 e. The molecule has 0 atom stereocenters. The highest BCUT2D eigenvalue weighted by Gasteiger charge is 2.04. The fraction of sp³-hybridized carbons (Fsp3) is 0.333. The zero-order chi connectivity index (χ0) is 15.2. The van der Waals surface area contributed by atoms with Crippen molar-refractivity contribution in [2.24, 2.45) is 0 Å². The lowest BCUT2D eigenvalue weighted by atomic mass is 10.2. The van der Waals surface area contributed by atoms with Gasteiger partial charge in [-0.25, -0.2) is 0 Å². The Morgan fingerprint density at radius 2 is 1.55 bits per heavy atom. The number of ether oxygens (including phenoxy) is 1. The molecule has 0 aliphatic heterocycles. The molecule has 0 bridgehead atoms. The molecule has 0 amide bonds. The second-order valence-corrected chi connectivity index (χ2v) is 5.38. The molecule has 0 fully saturated rings. The smallest absolute Gasteiger partial charge is 0.119 e. The fourth-order valence-electron chi connectivity index (χ4n) is 2.37. The van der Waals surface area contributed by atoms with Crippen LogP contribution < -0.4 is 4.74 Å².